The van der Waals surface area contributed by atoms with Crippen LogP contribution in [0.4, 0.5) is 4.79 Å². The van der Waals surface area contributed by atoms with Crippen molar-refractivity contribution in [3.63, 3.8) is 0 Å². The molecule has 0 unspecified atom stereocenters. The standard InChI is InChI=1S/C23H28N4O2/c1-24-22(28)19-15-26-12-13-27(23(29)25-14-17-8-4-2-5-9-17)16-20(26)21(19)18-10-6-3-7-11-18/h2-11,19-21H,12-16H2,1H3,(H,24,28)(H,25,29)/t19-,20-,21+/m1/s1. The molecule has 0 radical (unpaired) electrons. The Labute approximate surface area is 171 Å². The minimum absolute atomic E-state index is 0.0382. The van der Waals surface area contributed by atoms with Crippen LogP contribution in [-0.4, -0.2) is 61.0 Å². The van der Waals surface area contributed by atoms with Crippen molar-refractivity contribution < 1.29 is 9.59 Å². The first-order chi connectivity index (χ1) is 14.2. The number of carbonyl (C=O) groups excluding carboxylic acids is 2. The van der Waals surface area contributed by atoms with Gasteiger partial charge < -0.3 is 15.5 Å². The van der Waals surface area contributed by atoms with E-state index in [2.05, 4.69) is 27.7 Å². The van der Waals surface area contributed by atoms with Gasteiger partial charge in [0.15, 0.2) is 0 Å². The summed E-state index contributed by atoms with van der Waals surface area (Å²) >= 11 is 0. The summed E-state index contributed by atoms with van der Waals surface area (Å²) in [7, 11) is 1.70. The predicted octanol–water partition coefficient (Wildman–Crippen LogP) is 2.04. The second-order valence-corrected chi connectivity index (χ2v) is 7.81. The normalized spacial score (nSPS) is 24.0. The number of urea groups is 1. The molecule has 2 aliphatic heterocycles. The van der Waals surface area contributed by atoms with Gasteiger partial charge in [-0.1, -0.05) is 60.7 Å². The Balaban J connectivity index is 1.48. The molecule has 0 aromatic heterocycles. The van der Waals surface area contributed by atoms with Crippen LogP contribution in [0.25, 0.3) is 0 Å². The van der Waals surface area contributed by atoms with Gasteiger partial charge in [-0.05, 0) is 11.1 Å². The van der Waals surface area contributed by atoms with Crippen molar-refractivity contribution in [1.29, 1.82) is 0 Å². The van der Waals surface area contributed by atoms with Crippen LogP contribution >= 0.6 is 0 Å². The molecule has 2 aromatic carbocycles. The first-order valence-corrected chi connectivity index (χ1v) is 10.2. The summed E-state index contributed by atoms with van der Waals surface area (Å²) in [6, 6.07) is 20.3. The van der Waals surface area contributed by atoms with Gasteiger partial charge in [0.1, 0.15) is 0 Å². The molecule has 29 heavy (non-hydrogen) atoms. The average Bonchev–Trinajstić information content (AvgIpc) is 3.17. The smallest absolute Gasteiger partial charge is 0.317 e. The summed E-state index contributed by atoms with van der Waals surface area (Å²) in [5.41, 5.74) is 2.25. The van der Waals surface area contributed by atoms with Crippen molar-refractivity contribution in [3.05, 3.63) is 71.8 Å². The third kappa shape index (κ3) is 4.12. The maximum absolute atomic E-state index is 12.8. The Kier molecular flexibility index (Phi) is 5.81. The molecular weight excluding hydrogens is 364 g/mol. The van der Waals surface area contributed by atoms with E-state index in [0.29, 0.717) is 19.6 Å². The molecule has 0 aliphatic carbocycles. The Bertz CT molecular complexity index is 842. The fourth-order valence-corrected chi connectivity index (χ4v) is 4.68. The van der Waals surface area contributed by atoms with E-state index in [1.165, 1.54) is 5.56 Å². The van der Waals surface area contributed by atoms with E-state index in [9.17, 15) is 9.59 Å². The number of hydrogen-bond donors (Lipinski definition) is 2. The molecule has 3 amide bonds. The lowest BCUT2D eigenvalue weighted by Gasteiger charge is -2.39. The van der Waals surface area contributed by atoms with Gasteiger partial charge in [-0.2, -0.15) is 0 Å². The number of amides is 3. The molecule has 4 rings (SSSR count). The molecule has 152 valence electrons. The van der Waals surface area contributed by atoms with Gasteiger partial charge in [0.25, 0.3) is 0 Å². The monoisotopic (exact) mass is 392 g/mol. The van der Waals surface area contributed by atoms with Crippen LogP contribution in [0.2, 0.25) is 0 Å². The molecule has 2 saturated heterocycles. The summed E-state index contributed by atoms with van der Waals surface area (Å²) in [5.74, 6) is 0.0638. The highest BCUT2D eigenvalue weighted by Crippen LogP contribution is 2.40. The lowest BCUT2D eigenvalue weighted by Crippen LogP contribution is -2.55. The molecule has 0 bridgehead atoms. The topological polar surface area (TPSA) is 64.7 Å². The number of benzene rings is 2. The average molecular weight is 393 g/mol. The van der Waals surface area contributed by atoms with Gasteiger partial charge in [-0.25, -0.2) is 4.79 Å². The van der Waals surface area contributed by atoms with Crippen LogP contribution in [0, 0.1) is 5.92 Å². The second-order valence-electron chi connectivity index (χ2n) is 7.81. The highest BCUT2D eigenvalue weighted by atomic mass is 16.2. The summed E-state index contributed by atoms with van der Waals surface area (Å²) in [6.45, 7) is 3.37. The number of piperazine rings is 1. The van der Waals surface area contributed by atoms with Crippen molar-refractivity contribution in [2.24, 2.45) is 5.92 Å². The molecule has 2 aromatic rings. The van der Waals surface area contributed by atoms with E-state index in [4.69, 9.17) is 0 Å². The molecule has 0 spiro atoms. The summed E-state index contributed by atoms with van der Waals surface area (Å²) < 4.78 is 0. The third-order valence-electron chi connectivity index (χ3n) is 6.15. The van der Waals surface area contributed by atoms with Crippen molar-refractivity contribution in [1.82, 2.24) is 20.4 Å². The minimum Gasteiger partial charge on any atom is -0.359 e. The van der Waals surface area contributed by atoms with E-state index in [-0.39, 0.29) is 29.8 Å². The molecule has 3 atom stereocenters. The molecule has 6 nitrogen and oxygen atoms in total. The van der Waals surface area contributed by atoms with E-state index in [1.807, 2.05) is 53.4 Å². The zero-order chi connectivity index (χ0) is 20.2. The maximum Gasteiger partial charge on any atom is 0.317 e. The SMILES string of the molecule is CNC(=O)[C@@H]1CN2CCN(C(=O)NCc3ccccc3)C[C@@H]2[C@H]1c1ccccc1. The Hall–Kier alpha value is -2.86. The van der Waals surface area contributed by atoms with Crippen molar-refractivity contribution >= 4 is 11.9 Å². The lowest BCUT2D eigenvalue weighted by atomic mass is 9.83. The summed E-state index contributed by atoms with van der Waals surface area (Å²) in [6.07, 6.45) is 0. The fraction of sp³-hybridized carbons (Fsp3) is 0.391. The largest absolute Gasteiger partial charge is 0.359 e. The molecule has 0 saturated carbocycles. The second kappa shape index (κ2) is 8.66. The zero-order valence-corrected chi connectivity index (χ0v) is 16.8. The third-order valence-corrected chi connectivity index (χ3v) is 6.15. The minimum atomic E-state index is -0.0975. The van der Waals surface area contributed by atoms with Gasteiger partial charge >= 0.3 is 6.03 Å². The van der Waals surface area contributed by atoms with Gasteiger partial charge in [0, 0.05) is 51.7 Å². The van der Waals surface area contributed by atoms with Crippen LogP contribution in [0.15, 0.2) is 60.7 Å². The van der Waals surface area contributed by atoms with Crippen LogP contribution in [0.1, 0.15) is 17.0 Å². The number of fused-ring (bicyclic) bond motifs is 1. The number of hydrogen-bond acceptors (Lipinski definition) is 3. The lowest BCUT2D eigenvalue weighted by molar-refractivity contribution is -0.124. The highest BCUT2D eigenvalue weighted by molar-refractivity contribution is 5.80. The van der Waals surface area contributed by atoms with E-state index in [1.54, 1.807) is 7.05 Å². The van der Waals surface area contributed by atoms with Gasteiger partial charge in [0.2, 0.25) is 5.91 Å². The number of nitrogens with one attached hydrogen (secondary N) is 2. The van der Waals surface area contributed by atoms with Gasteiger partial charge in [-0.15, -0.1) is 0 Å². The number of carbonyl (C=O) groups is 2. The van der Waals surface area contributed by atoms with Crippen molar-refractivity contribution in [3.8, 4) is 0 Å². The number of nitrogens with zero attached hydrogens (tertiary/aromatic N) is 2. The molecular formula is C23H28N4O2. The molecule has 2 aliphatic rings. The first kappa shape index (κ1) is 19.5. The zero-order valence-electron chi connectivity index (χ0n) is 16.8. The molecule has 2 heterocycles. The Morgan fingerprint density at radius 1 is 0.966 bits per heavy atom. The molecule has 6 heteroatoms. The van der Waals surface area contributed by atoms with Gasteiger partial charge in [0.05, 0.1) is 5.92 Å². The van der Waals surface area contributed by atoms with Crippen molar-refractivity contribution in [2.45, 2.75) is 18.5 Å². The predicted molar refractivity (Wildman–Crippen MR) is 112 cm³/mol. The fourth-order valence-electron chi connectivity index (χ4n) is 4.68. The van der Waals surface area contributed by atoms with Crippen LogP contribution < -0.4 is 10.6 Å². The van der Waals surface area contributed by atoms with Gasteiger partial charge in [-0.3, -0.25) is 9.69 Å². The maximum atomic E-state index is 12.8. The molecule has 2 N–H and O–H groups in total. The van der Waals surface area contributed by atoms with Crippen LogP contribution in [-0.2, 0) is 11.3 Å². The van der Waals surface area contributed by atoms with Crippen LogP contribution in [0.3, 0.4) is 0 Å². The number of rotatable bonds is 4. The Morgan fingerprint density at radius 3 is 2.34 bits per heavy atom. The highest BCUT2D eigenvalue weighted by Gasteiger charge is 2.48. The van der Waals surface area contributed by atoms with Crippen LogP contribution in [0.5, 0.6) is 0 Å². The summed E-state index contributed by atoms with van der Waals surface area (Å²) in [5, 5.41) is 5.87. The van der Waals surface area contributed by atoms with E-state index < -0.39 is 0 Å². The molecule has 2 fully saturated rings. The summed E-state index contributed by atoms with van der Waals surface area (Å²) in [4.78, 5) is 29.6. The quantitative estimate of drug-likeness (QED) is 0.837. The van der Waals surface area contributed by atoms with Crippen molar-refractivity contribution in [2.75, 3.05) is 33.2 Å². The van der Waals surface area contributed by atoms with E-state index in [0.717, 1.165) is 18.7 Å². The Morgan fingerprint density at radius 2 is 1.66 bits per heavy atom. The first-order valence-electron chi connectivity index (χ1n) is 10.2. The van der Waals surface area contributed by atoms with E-state index >= 15 is 0 Å².